The third-order valence-corrected chi connectivity index (χ3v) is 7.49. The van der Waals surface area contributed by atoms with E-state index in [2.05, 4.69) is 27.7 Å². The Morgan fingerprint density at radius 1 is 0.857 bits per heavy atom. The maximum Gasteiger partial charge on any atom is -0.0272 e. The van der Waals surface area contributed by atoms with Gasteiger partial charge in [0, 0.05) is 0 Å². The van der Waals surface area contributed by atoms with Gasteiger partial charge in [0.05, 0.1) is 0 Å². The molecule has 2 atom stereocenters. The standard InChI is InChI=1S/C21H40/c1-5-6-14-20(3)15-7-8-16-21(20,4)17-13-19-11-9-18(2)10-12-19/h18-19H,5-17H2,1-4H3. The Hall–Kier alpha value is 0. The summed E-state index contributed by atoms with van der Waals surface area (Å²) < 4.78 is 0. The fraction of sp³-hybridized carbons (Fsp3) is 1.00. The summed E-state index contributed by atoms with van der Waals surface area (Å²) in [6.07, 6.45) is 19.3. The lowest BCUT2D eigenvalue weighted by molar-refractivity contribution is -0.00762. The zero-order valence-corrected chi connectivity index (χ0v) is 15.3. The van der Waals surface area contributed by atoms with Crippen LogP contribution in [-0.2, 0) is 0 Å². The second-order valence-electron chi connectivity index (χ2n) is 9.10. The fourth-order valence-electron chi connectivity index (χ4n) is 5.19. The minimum absolute atomic E-state index is 0.628. The smallest absolute Gasteiger partial charge is 0.0272 e. The van der Waals surface area contributed by atoms with Gasteiger partial charge in [-0.15, -0.1) is 0 Å². The predicted molar refractivity (Wildman–Crippen MR) is 94.6 cm³/mol. The van der Waals surface area contributed by atoms with Gasteiger partial charge in [-0.05, 0) is 54.8 Å². The van der Waals surface area contributed by atoms with Crippen molar-refractivity contribution in [2.45, 2.75) is 111 Å². The van der Waals surface area contributed by atoms with E-state index >= 15 is 0 Å². The van der Waals surface area contributed by atoms with Crippen LogP contribution >= 0.6 is 0 Å². The molecule has 0 bridgehead atoms. The van der Waals surface area contributed by atoms with Gasteiger partial charge >= 0.3 is 0 Å². The monoisotopic (exact) mass is 292 g/mol. The Kier molecular flexibility index (Phi) is 6.21. The number of hydrogen-bond donors (Lipinski definition) is 0. The molecule has 0 aromatic heterocycles. The van der Waals surface area contributed by atoms with Crippen LogP contribution in [0.5, 0.6) is 0 Å². The molecule has 0 heteroatoms. The lowest BCUT2D eigenvalue weighted by Crippen LogP contribution is -2.41. The molecule has 21 heavy (non-hydrogen) atoms. The maximum atomic E-state index is 2.65. The predicted octanol–water partition coefficient (Wildman–Crippen LogP) is 7.37. The first kappa shape index (κ1) is 17.4. The lowest BCUT2D eigenvalue weighted by Gasteiger charge is -2.51. The molecule has 0 spiro atoms. The summed E-state index contributed by atoms with van der Waals surface area (Å²) >= 11 is 0. The van der Waals surface area contributed by atoms with Gasteiger partial charge in [-0.3, -0.25) is 0 Å². The van der Waals surface area contributed by atoms with E-state index in [0.717, 1.165) is 11.8 Å². The zero-order valence-electron chi connectivity index (χ0n) is 15.3. The van der Waals surface area contributed by atoms with Crippen LogP contribution in [0.3, 0.4) is 0 Å². The van der Waals surface area contributed by atoms with E-state index in [4.69, 9.17) is 0 Å². The third-order valence-electron chi connectivity index (χ3n) is 7.49. The second kappa shape index (κ2) is 7.51. The van der Waals surface area contributed by atoms with Gasteiger partial charge in [-0.1, -0.05) is 79.1 Å². The van der Waals surface area contributed by atoms with Gasteiger partial charge < -0.3 is 0 Å². The summed E-state index contributed by atoms with van der Waals surface area (Å²) in [6.45, 7) is 10.1. The molecule has 2 aliphatic carbocycles. The van der Waals surface area contributed by atoms with E-state index in [-0.39, 0.29) is 0 Å². The van der Waals surface area contributed by atoms with Crippen molar-refractivity contribution < 1.29 is 0 Å². The van der Waals surface area contributed by atoms with Crippen LogP contribution in [0.2, 0.25) is 0 Å². The van der Waals surface area contributed by atoms with Crippen LogP contribution in [0.25, 0.3) is 0 Å². The van der Waals surface area contributed by atoms with E-state index in [9.17, 15) is 0 Å². The van der Waals surface area contributed by atoms with Gasteiger partial charge in [0.1, 0.15) is 0 Å². The number of unbranched alkanes of at least 4 members (excludes halogenated alkanes) is 1. The van der Waals surface area contributed by atoms with E-state index in [0.29, 0.717) is 10.8 Å². The van der Waals surface area contributed by atoms with Crippen LogP contribution in [-0.4, -0.2) is 0 Å². The summed E-state index contributed by atoms with van der Waals surface area (Å²) in [6, 6.07) is 0. The van der Waals surface area contributed by atoms with E-state index in [1.54, 1.807) is 0 Å². The summed E-state index contributed by atoms with van der Waals surface area (Å²) in [7, 11) is 0. The van der Waals surface area contributed by atoms with Crippen molar-refractivity contribution in [2.24, 2.45) is 22.7 Å². The minimum Gasteiger partial charge on any atom is -0.0654 e. The SMILES string of the molecule is CCCCC1(C)CCCCC1(C)CCC1CCC(C)CC1. The largest absolute Gasteiger partial charge is 0.0654 e. The Morgan fingerprint density at radius 2 is 1.43 bits per heavy atom. The number of hydrogen-bond acceptors (Lipinski definition) is 0. The molecule has 0 aromatic rings. The van der Waals surface area contributed by atoms with Gasteiger partial charge in [0.15, 0.2) is 0 Å². The van der Waals surface area contributed by atoms with Gasteiger partial charge in [-0.2, -0.15) is 0 Å². The first-order valence-corrected chi connectivity index (χ1v) is 9.99. The molecule has 0 aromatic carbocycles. The molecular formula is C21H40. The first-order chi connectivity index (χ1) is 9.99. The molecule has 0 amide bonds. The summed E-state index contributed by atoms with van der Waals surface area (Å²) in [4.78, 5) is 0. The fourth-order valence-corrected chi connectivity index (χ4v) is 5.19. The third kappa shape index (κ3) is 4.26. The molecule has 0 heterocycles. The van der Waals surface area contributed by atoms with Gasteiger partial charge in [-0.25, -0.2) is 0 Å². The molecule has 2 unspecified atom stereocenters. The van der Waals surface area contributed by atoms with E-state index in [1.165, 1.54) is 83.5 Å². The average molecular weight is 293 g/mol. The molecule has 0 nitrogen and oxygen atoms in total. The molecule has 2 saturated carbocycles. The quantitative estimate of drug-likeness (QED) is 0.479. The van der Waals surface area contributed by atoms with Crippen molar-refractivity contribution in [3.05, 3.63) is 0 Å². The molecule has 2 rings (SSSR count). The lowest BCUT2D eigenvalue weighted by atomic mass is 9.54. The summed E-state index contributed by atoms with van der Waals surface area (Å²) in [5.41, 5.74) is 1.26. The normalized spacial score (nSPS) is 41.1. The molecule has 2 fully saturated rings. The highest BCUT2D eigenvalue weighted by Gasteiger charge is 2.45. The molecule has 124 valence electrons. The van der Waals surface area contributed by atoms with Crippen molar-refractivity contribution in [3.63, 3.8) is 0 Å². The average Bonchev–Trinajstić information content (AvgIpc) is 2.48. The van der Waals surface area contributed by atoms with Crippen LogP contribution in [0.4, 0.5) is 0 Å². The topological polar surface area (TPSA) is 0 Å². The van der Waals surface area contributed by atoms with Gasteiger partial charge in [0.2, 0.25) is 0 Å². The van der Waals surface area contributed by atoms with Crippen molar-refractivity contribution in [1.29, 1.82) is 0 Å². The highest BCUT2D eigenvalue weighted by molar-refractivity contribution is 4.95. The molecule has 0 radical (unpaired) electrons. The van der Waals surface area contributed by atoms with Crippen molar-refractivity contribution in [1.82, 2.24) is 0 Å². The zero-order chi connectivity index (χ0) is 15.3. The number of rotatable bonds is 6. The van der Waals surface area contributed by atoms with Crippen molar-refractivity contribution in [2.75, 3.05) is 0 Å². The van der Waals surface area contributed by atoms with Crippen LogP contribution in [0.15, 0.2) is 0 Å². The summed E-state index contributed by atoms with van der Waals surface area (Å²) in [5.74, 6) is 2.05. The van der Waals surface area contributed by atoms with Crippen molar-refractivity contribution >= 4 is 0 Å². The highest BCUT2D eigenvalue weighted by Crippen LogP contribution is 2.56. The summed E-state index contributed by atoms with van der Waals surface area (Å²) in [5, 5.41) is 0. The first-order valence-electron chi connectivity index (χ1n) is 9.99. The Bertz CT molecular complexity index is 299. The molecule has 2 aliphatic rings. The Morgan fingerprint density at radius 3 is 2.00 bits per heavy atom. The van der Waals surface area contributed by atoms with Gasteiger partial charge in [0.25, 0.3) is 0 Å². The van der Waals surface area contributed by atoms with Crippen LogP contribution in [0.1, 0.15) is 111 Å². The molecule has 0 saturated heterocycles. The maximum absolute atomic E-state index is 2.65. The van der Waals surface area contributed by atoms with Crippen LogP contribution < -0.4 is 0 Å². The molecule has 0 N–H and O–H groups in total. The van der Waals surface area contributed by atoms with E-state index < -0.39 is 0 Å². The minimum atomic E-state index is 0.628. The highest BCUT2D eigenvalue weighted by atomic mass is 14.5. The van der Waals surface area contributed by atoms with Crippen LogP contribution in [0, 0.1) is 22.7 Å². The van der Waals surface area contributed by atoms with E-state index in [1.807, 2.05) is 0 Å². The Balaban J connectivity index is 1.90. The molecular weight excluding hydrogens is 252 g/mol. The Labute approximate surface area is 134 Å². The molecule has 0 aliphatic heterocycles. The second-order valence-corrected chi connectivity index (χ2v) is 9.10. The van der Waals surface area contributed by atoms with Crippen molar-refractivity contribution in [3.8, 4) is 0 Å².